The topological polar surface area (TPSA) is 48.9 Å². The summed E-state index contributed by atoms with van der Waals surface area (Å²) in [6.45, 7) is 8.64. The molecule has 4 rings (SSSR count). The van der Waals surface area contributed by atoms with Crippen molar-refractivity contribution in [3.63, 3.8) is 0 Å². The zero-order chi connectivity index (χ0) is 20.9. The number of hydrogen-bond acceptors (Lipinski definition) is 5. The Kier molecular flexibility index (Phi) is 6.87. The number of piperazine rings is 1. The maximum Gasteiger partial charge on any atom is 0.223 e. The number of carbonyl (C=O) groups excluding carboxylic acids is 1. The predicted molar refractivity (Wildman–Crippen MR) is 118 cm³/mol. The van der Waals surface area contributed by atoms with Gasteiger partial charge in [0.25, 0.3) is 0 Å². The van der Waals surface area contributed by atoms with E-state index < -0.39 is 0 Å². The van der Waals surface area contributed by atoms with Crippen molar-refractivity contribution in [2.24, 2.45) is 0 Å². The van der Waals surface area contributed by atoms with Crippen LogP contribution in [0.2, 0.25) is 5.02 Å². The molecule has 3 heterocycles. The Morgan fingerprint density at radius 2 is 2.03 bits per heavy atom. The van der Waals surface area contributed by atoms with Crippen molar-refractivity contribution in [3.05, 3.63) is 58.9 Å². The molecule has 2 aliphatic rings. The number of aromatic nitrogens is 1. The normalized spacial score (nSPS) is 20.3. The number of benzene rings is 1. The SMILES string of the molecule is C[C@@H]1CN(CCC(=O)N2CCN(Cc3cccnc3)CC2)Cc2cc(Cl)ccc2O1. The first-order valence-electron chi connectivity index (χ1n) is 10.6. The van der Waals surface area contributed by atoms with Crippen LogP contribution in [0.4, 0.5) is 0 Å². The number of amides is 1. The van der Waals surface area contributed by atoms with Crippen LogP contribution in [0.5, 0.6) is 5.75 Å². The predicted octanol–water partition coefficient (Wildman–Crippen LogP) is 3.05. The van der Waals surface area contributed by atoms with Crippen LogP contribution in [-0.2, 0) is 17.9 Å². The largest absolute Gasteiger partial charge is 0.489 e. The molecule has 0 saturated carbocycles. The Balaban J connectivity index is 1.25. The van der Waals surface area contributed by atoms with E-state index in [0.717, 1.165) is 63.7 Å². The maximum atomic E-state index is 12.8. The molecule has 2 aliphatic heterocycles. The molecule has 0 N–H and O–H groups in total. The second-order valence-electron chi connectivity index (χ2n) is 8.18. The molecule has 1 amide bonds. The van der Waals surface area contributed by atoms with Gasteiger partial charge in [-0.2, -0.15) is 0 Å². The molecule has 0 unspecified atom stereocenters. The van der Waals surface area contributed by atoms with E-state index in [4.69, 9.17) is 16.3 Å². The summed E-state index contributed by atoms with van der Waals surface area (Å²) in [5, 5.41) is 0.715. The summed E-state index contributed by atoms with van der Waals surface area (Å²) < 4.78 is 6.02. The van der Waals surface area contributed by atoms with Gasteiger partial charge < -0.3 is 9.64 Å². The highest BCUT2D eigenvalue weighted by molar-refractivity contribution is 6.30. The summed E-state index contributed by atoms with van der Waals surface area (Å²) in [4.78, 5) is 23.7. The number of fused-ring (bicyclic) bond motifs is 1. The fraction of sp³-hybridized carbons (Fsp3) is 0.478. The lowest BCUT2D eigenvalue weighted by Gasteiger charge is -2.35. The summed E-state index contributed by atoms with van der Waals surface area (Å²) in [6.07, 6.45) is 4.32. The lowest BCUT2D eigenvalue weighted by Crippen LogP contribution is -2.48. The average Bonchev–Trinajstić information content (AvgIpc) is 2.90. The quantitative estimate of drug-likeness (QED) is 0.732. The number of hydrogen-bond donors (Lipinski definition) is 0. The number of nitrogens with zero attached hydrogens (tertiary/aromatic N) is 4. The zero-order valence-corrected chi connectivity index (χ0v) is 18.2. The Morgan fingerprint density at radius 1 is 1.20 bits per heavy atom. The van der Waals surface area contributed by atoms with Crippen molar-refractivity contribution in [2.75, 3.05) is 39.3 Å². The van der Waals surface area contributed by atoms with Crippen molar-refractivity contribution in [3.8, 4) is 5.75 Å². The molecule has 2 aromatic rings. The van der Waals surface area contributed by atoms with Gasteiger partial charge in [0.05, 0.1) is 0 Å². The number of ether oxygens (including phenoxy) is 1. The van der Waals surface area contributed by atoms with Crippen LogP contribution in [0.25, 0.3) is 0 Å². The molecule has 1 fully saturated rings. The van der Waals surface area contributed by atoms with Crippen LogP contribution in [-0.4, -0.2) is 71.0 Å². The second kappa shape index (κ2) is 9.77. The fourth-order valence-corrected chi connectivity index (χ4v) is 4.39. The number of rotatable bonds is 5. The summed E-state index contributed by atoms with van der Waals surface area (Å²) in [5.41, 5.74) is 2.30. The van der Waals surface area contributed by atoms with Crippen molar-refractivity contribution in [2.45, 2.75) is 32.5 Å². The second-order valence-corrected chi connectivity index (χ2v) is 8.62. The van der Waals surface area contributed by atoms with E-state index in [1.54, 1.807) is 6.20 Å². The summed E-state index contributed by atoms with van der Waals surface area (Å²) >= 11 is 6.16. The van der Waals surface area contributed by atoms with Gasteiger partial charge in [-0.25, -0.2) is 0 Å². The van der Waals surface area contributed by atoms with Crippen LogP contribution < -0.4 is 4.74 Å². The Hall–Kier alpha value is -2.15. The molecule has 160 valence electrons. The molecular formula is C23H29ClN4O2. The first-order chi connectivity index (χ1) is 14.6. The lowest BCUT2D eigenvalue weighted by atomic mass is 10.2. The molecule has 0 radical (unpaired) electrons. The highest BCUT2D eigenvalue weighted by Gasteiger charge is 2.24. The van der Waals surface area contributed by atoms with Gasteiger partial charge in [-0.15, -0.1) is 0 Å². The van der Waals surface area contributed by atoms with E-state index in [0.29, 0.717) is 11.4 Å². The Morgan fingerprint density at radius 3 is 2.80 bits per heavy atom. The highest BCUT2D eigenvalue weighted by Crippen LogP contribution is 2.28. The monoisotopic (exact) mass is 428 g/mol. The van der Waals surface area contributed by atoms with Crippen LogP contribution in [0.15, 0.2) is 42.7 Å². The maximum absolute atomic E-state index is 12.8. The van der Waals surface area contributed by atoms with Crippen LogP contribution in [0, 0.1) is 0 Å². The third kappa shape index (κ3) is 5.50. The van der Waals surface area contributed by atoms with Crippen LogP contribution >= 0.6 is 11.6 Å². The van der Waals surface area contributed by atoms with E-state index in [-0.39, 0.29) is 12.0 Å². The molecule has 0 spiro atoms. The van der Waals surface area contributed by atoms with E-state index >= 15 is 0 Å². The average molecular weight is 429 g/mol. The molecule has 1 saturated heterocycles. The van der Waals surface area contributed by atoms with Gasteiger partial charge in [-0.1, -0.05) is 17.7 Å². The number of pyridine rings is 1. The number of halogens is 1. The summed E-state index contributed by atoms with van der Waals surface area (Å²) in [5.74, 6) is 1.13. The fourth-order valence-electron chi connectivity index (χ4n) is 4.20. The molecule has 1 aromatic carbocycles. The molecular weight excluding hydrogens is 400 g/mol. The first kappa shape index (κ1) is 21.1. The molecule has 6 nitrogen and oxygen atoms in total. The smallest absolute Gasteiger partial charge is 0.223 e. The molecule has 7 heteroatoms. The minimum atomic E-state index is 0.0820. The van der Waals surface area contributed by atoms with Crippen molar-refractivity contribution in [1.82, 2.24) is 19.7 Å². The summed E-state index contributed by atoms with van der Waals surface area (Å²) in [7, 11) is 0. The molecule has 1 atom stereocenters. The van der Waals surface area contributed by atoms with E-state index in [1.165, 1.54) is 5.56 Å². The minimum absolute atomic E-state index is 0.0820. The van der Waals surface area contributed by atoms with Gasteiger partial charge in [-0.3, -0.25) is 19.6 Å². The van der Waals surface area contributed by atoms with E-state index in [2.05, 4.69) is 27.8 Å². The van der Waals surface area contributed by atoms with Crippen molar-refractivity contribution >= 4 is 17.5 Å². The highest BCUT2D eigenvalue weighted by atomic mass is 35.5. The lowest BCUT2D eigenvalue weighted by molar-refractivity contribution is -0.133. The van der Waals surface area contributed by atoms with Gasteiger partial charge in [-0.05, 0) is 36.8 Å². The van der Waals surface area contributed by atoms with Crippen molar-refractivity contribution < 1.29 is 9.53 Å². The standard InChI is InChI=1S/C23H29ClN4O2/c1-18-15-27(17-20-13-21(24)4-5-22(20)30-18)8-6-23(29)28-11-9-26(10-12-28)16-19-3-2-7-25-14-19/h2-5,7,13-14,18H,6,8-12,15-17H2,1H3/t18-/m1/s1. The molecule has 0 bridgehead atoms. The van der Waals surface area contributed by atoms with Gasteiger partial charge in [0.1, 0.15) is 11.9 Å². The Bertz CT molecular complexity index is 856. The molecule has 1 aromatic heterocycles. The van der Waals surface area contributed by atoms with Crippen LogP contribution in [0.1, 0.15) is 24.5 Å². The van der Waals surface area contributed by atoms with Gasteiger partial charge >= 0.3 is 0 Å². The van der Waals surface area contributed by atoms with Gasteiger partial charge in [0.15, 0.2) is 0 Å². The number of carbonyl (C=O) groups is 1. The zero-order valence-electron chi connectivity index (χ0n) is 17.5. The van der Waals surface area contributed by atoms with E-state index in [1.807, 2.05) is 35.4 Å². The van der Waals surface area contributed by atoms with Crippen LogP contribution in [0.3, 0.4) is 0 Å². The van der Waals surface area contributed by atoms with Crippen molar-refractivity contribution in [1.29, 1.82) is 0 Å². The third-order valence-corrected chi connectivity index (χ3v) is 5.99. The first-order valence-corrected chi connectivity index (χ1v) is 11.0. The van der Waals surface area contributed by atoms with Gasteiger partial charge in [0.2, 0.25) is 5.91 Å². The summed E-state index contributed by atoms with van der Waals surface area (Å²) in [6, 6.07) is 9.83. The third-order valence-electron chi connectivity index (χ3n) is 5.76. The molecule has 0 aliphatic carbocycles. The van der Waals surface area contributed by atoms with Gasteiger partial charge in [0, 0.05) is 81.8 Å². The Labute approximate surface area is 183 Å². The minimum Gasteiger partial charge on any atom is -0.489 e. The molecule has 30 heavy (non-hydrogen) atoms. The van der Waals surface area contributed by atoms with E-state index in [9.17, 15) is 4.79 Å².